The molecule has 0 saturated heterocycles. The molecule has 0 aromatic carbocycles. The zero-order valence-corrected chi connectivity index (χ0v) is 8.66. The fraction of sp³-hybridized carbons (Fsp3) is 0.100. The Hall–Kier alpha value is -1.93. The van der Waals surface area contributed by atoms with Crippen LogP contribution in [0.1, 0.15) is 0 Å². The topological polar surface area (TPSA) is 61.6 Å². The molecule has 0 aliphatic carbocycles. The molecule has 1 N–H and O–H groups in total. The monoisotopic (exact) mass is 216 g/mol. The molecule has 2 aromatic rings. The van der Waals surface area contributed by atoms with Gasteiger partial charge in [-0.15, -0.1) is 21.5 Å². The summed E-state index contributed by atoms with van der Waals surface area (Å²) in [6.45, 7) is 0.243. The van der Waals surface area contributed by atoms with Crippen LogP contribution in [0.4, 0.5) is 5.82 Å². The summed E-state index contributed by atoms with van der Waals surface area (Å²) in [6, 6.07) is 9.66. The molecule has 2 rings (SSSR count). The van der Waals surface area contributed by atoms with Crippen LogP contribution in [-0.2, 0) is 0 Å². The summed E-state index contributed by atoms with van der Waals surface area (Å²) in [5, 5.41) is 21.2. The number of hydrogen-bond acceptors (Lipinski definition) is 5. The third-order valence-corrected chi connectivity index (χ3v) is 2.68. The third kappa shape index (κ3) is 2.30. The van der Waals surface area contributed by atoms with E-state index in [0.29, 0.717) is 5.82 Å². The Morgan fingerprint density at radius 1 is 1.33 bits per heavy atom. The van der Waals surface area contributed by atoms with Gasteiger partial charge >= 0.3 is 0 Å². The second-order valence-electron chi connectivity index (χ2n) is 2.79. The molecule has 2 heterocycles. The Labute approximate surface area is 91.2 Å². The molecule has 0 fully saturated rings. The zero-order valence-electron chi connectivity index (χ0n) is 7.84. The van der Waals surface area contributed by atoms with Crippen LogP contribution >= 0.6 is 11.3 Å². The van der Waals surface area contributed by atoms with Crippen LogP contribution in [0.2, 0.25) is 0 Å². The van der Waals surface area contributed by atoms with E-state index in [1.54, 1.807) is 11.3 Å². The molecule has 0 atom stereocenters. The normalized spacial score (nSPS) is 9.53. The van der Waals surface area contributed by atoms with Crippen molar-refractivity contribution >= 4 is 17.2 Å². The minimum absolute atomic E-state index is 0.243. The smallest absolute Gasteiger partial charge is 0.149 e. The lowest BCUT2D eigenvalue weighted by Gasteiger charge is -1.99. The number of anilines is 1. The summed E-state index contributed by atoms with van der Waals surface area (Å²) < 4.78 is 0. The summed E-state index contributed by atoms with van der Waals surface area (Å²) >= 11 is 1.62. The van der Waals surface area contributed by atoms with Gasteiger partial charge in [-0.1, -0.05) is 6.07 Å². The third-order valence-electron chi connectivity index (χ3n) is 1.79. The van der Waals surface area contributed by atoms with Gasteiger partial charge in [0.2, 0.25) is 0 Å². The Kier molecular flexibility index (Phi) is 2.90. The molecule has 0 saturated carbocycles. The van der Waals surface area contributed by atoms with Crippen LogP contribution in [0.25, 0.3) is 10.6 Å². The molecule has 0 aliphatic rings. The number of rotatable bonds is 3. The molecule has 0 unspecified atom stereocenters. The van der Waals surface area contributed by atoms with Crippen molar-refractivity contribution in [2.24, 2.45) is 0 Å². The van der Waals surface area contributed by atoms with Crippen LogP contribution in [-0.4, -0.2) is 16.7 Å². The lowest BCUT2D eigenvalue weighted by atomic mass is 10.3. The second kappa shape index (κ2) is 4.53. The molecule has 0 radical (unpaired) electrons. The van der Waals surface area contributed by atoms with E-state index in [1.165, 1.54) is 0 Å². The van der Waals surface area contributed by atoms with E-state index in [-0.39, 0.29) is 6.54 Å². The van der Waals surface area contributed by atoms with E-state index in [2.05, 4.69) is 15.5 Å². The average Bonchev–Trinajstić information content (AvgIpc) is 2.80. The Morgan fingerprint density at radius 2 is 2.27 bits per heavy atom. The van der Waals surface area contributed by atoms with Crippen LogP contribution in [0.5, 0.6) is 0 Å². The number of nitriles is 1. The van der Waals surface area contributed by atoms with E-state index < -0.39 is 0 Å². The Morgan fingerprint density at radius 3 is 2.87 bits per heavy atom. The van der Waals surface area contributed by atoms with Crippen molar-refractivity contribution in [3.05, 3.63) is 29.6 Å². The van der Waals surface area contributed by atoms with Gasteiger partial charge in [0.1, 0.15) is 18.1 Å². The molecular weight excluding hydrogens is 208 g/mol. The molecule has 2 aromatic heterocycles. The molecule has 0 aliphatic heterocycles. The van der Waals surface area contributed by atoms with Gasteiger partial charge in [-0.25, -0.2) is 0 Å². The van der Waals surface area contributed by atoms with Crippen LogP contribution in [0, 0.1) is 11.3 Å². The van der Waals surface area contributed by atoms with Crippen LogP contribution < -0.4 is 5.32 Å². The lowest BCUT2D eigenvalue weighted by Crippen LogP contribution is -2.01. The number of nitrogens with zero attached hydrogens (tertiary/aromatic N) is 3. The first-order valence-corrected chi connectivity index (χ1v) is 5.26. The fourth-order valence-electron chi connectivity index (χ4n) is 1.11. The SMILES string of the molecule is N#CCNc1ccc(-c2cccs2)nn1. The summed E-state index contributed by atoms with van der Waals surface area (Å²) in [7, 11) is 0. The van der Waals surface area contributed by atoms with Crippen molar-refractivity contribution in [1.82, 2.24) is 10.2 Å². The maximum absolute atomic E-state index is 8.37. The minimum atomic E-state index is 0.243. The summed E-state index contributed by atoms with van der Waals surface area (Å²) in [4.78, 5) is 1.09. The molecule has 0 bridgehead atoms. The fourth-order valence-corrected chi connectivity index (χ4v) is 1.80. The standard InChI is InChI=1S/C10H8N4S/c11-5-6-12-10-4-3-8(13-14-10)9-2-1-7-15-9/h1-4,7H,6H2,(H,12,14). The van der Waals surface area contributed by atoms with Gasteiger partial charge in [0, 0.05) is 0 Å². The van der Waals surface area contributed by atoms with E-state index >= 15 is 0 Å². The van der Waals surface area contributed by atoms with Gasteiger partial charge in [0.25, 0.3) is 0 Å². The maximum atomic E-state index is 8.37. The minimum Gasteiger partial charge on any atom is -0.356 e. The first-order valence-electron chi connectivity index (χ1n) is 4.38. The van der Waals surface area contributed by atoms with Gasteiger partial charge < -0.3 is 5.32 Å². The van der Waals surface area contributed by atoms with E-state index in [1.807, 2.05) is 35.7 Å². The van der Waals surface area contributed by atoms with Gasteiger partial charge in [-0.3, -0.25) is 0 Å². The highest BCUT2D eigenvalue weighted by Gasteiger charge is 2.00. The van der Waals surface area contributed by atoms with Gasteiger partial charge in [0.05, 0.1) is 10.9 Å². The van der Waals surface area contributed by atoms with Gasteiger partial charge in [-0.05, 0) is 23.6 Å². The summed E-state index contributed by atoms with van der Waals surface area (Å²) in [5.74, 6) is 0.622. The van der Waals surface area contributed by atoms with E-state index in [9.17, 15) is 0 Å². The number of hydrogen-bond donors (Lipinski definition) is 1. The van der Waals surface area contributed by atoms with Crippen molar-refractivity contribution in [2.75, 3.05) is 11.9 Å². The highest BCUT2D eigenvalue weighted by molar-refractivity contribution is 7.13. The molecule has 0 amide bonds. The van der Waals surface area contributed by atoms with Crippen molar-refractivity contribution in [1.29, 1.82) is 5.26 Å². The number of thiophene rings is 1. The highest BCUT2D eigenvalue weighted by atomic mass is 32.1. The van der Waals surface area contributed by atoms with Crippen molar-refractivity contribution in [3.8, 4) is 16.6 Å². The van der Waals surface area contributed by atoms with Crippen molar-refractivity contribution < 1.29 is 0 Å². The molecule has 5 heteroatoms. The quantitative estimate of drug-likeness (QED) is 0.798. The van der Waals surface area contributed by atoms with Crippen LogP contribution in [0.3, 0.4) is 0 Å². The van der Waals surface area contributed by atoms with E-state index in [4.69, 9.17) is 5.26 Å². The molecule has 74 valence electrons. The molecule has 0 spiro atoms. The zero-order chi connectivity index (χ0) is 10.5. The first kappa shape index (κ1) is 9.62. The summed E-state index contributed by atoms with van der Waals surface area (Å²) in [5.41, 5.74) is 0.854. The second-order valence-corrected chi connectivity index (χ2v) is 3.74. The molecule has 15 heavy (non-hydrogen) atoms. The average molecular weight is 216 g/mol. The molecular formula is C10H8N4S. The van der Waals surface area contributed by atoms with E-state index in [0.717, 1.165) is 10.6 Å². The van der Waals surface area contributed by atoms with Crippen molar-refractivity contribution in [2.45, 2.75) is 0 Å². The largest absolute Gasteiger partial charge is 0.356 e. The highest BCUT2D eigenvalue weighted by Crippen LogP contribution is 2.22. The predicted molar refractivity (Wildman–Crippen MR) is 59.4 cm³/mol. The maximum Gasteiger partial charge on any atom is 0.149 e. The van der Waals surface area contributed by atoms with Crippen LogP contribution in [0.15, 0.2) is 29.6 Å². The first-order chi connectivity index (χ1) is 7.40. The molecule has 4 nitrogen and oxygen atoms in total. The van der Waals surface area contributed by atoms with Gasteiger partial charge in [0.15, 0.2) is 0 Å². The lowest BCUT2D eigenvalue weighted by molar-refractivity contribution is 1.03. The number of aromatic nitrogens is 2. The summed E-state index contributed by atoms with van der Waals surface area (Å²) in [6.07, 6.45) is 0. The van der Waals surface area contributed by atoms with Crippen molar-refractivity contribution in [3.63, 3.8) is 0 Å². The number of nitrogens with one attached hydrogen (secondary N) is 1. The van der Waals surface area contributed by atoms with Gasteiger partial charge in [-0.2, -0.15) is 5.26 Å². The Bertz CT molecular complexity index is 455. The Balaban J connectivity index is 2.15. The predicted octanol–water partition coefficient (Wildman–Crippen LogP) is 2.14.